The lowest BCUT2D eigenvalue weighted by atomic mass is 9.86. The van der Waals surface area contributed by atoms with E-state index in [1.165, 1.54) is 6.42 Å². The molecule has 0 N–H and O–H groups in total. The molecule has 0 aromatic rings. The maximum Gasteiger partial charge on any atom is 0.00628 e. The van der Waals surface area contributed by atoms with Crippen molar-refractivity contribution in [3.8, 4) is 0 Å². The SMILES string of the molecule is CC(C[S])CC(C)(C)C. The predicted molar refractivity (Wildman–Crippen MR) is 45.7 cm³/mol. The van der Waals surface area contributed by atoms with E-state index in [0.717, 1.165) is 5.75 Å². The van der Waals surface area contributed by atoms with Gasteiger partial charge < -0.3 is 0 Å². The van der Waals surface area contributed by atoms with Crippen molar-refractivity contribution < 1.29 is 0 Å². The fourth-order valence-electron chi connectivity index (χ4n) is 1.10. The fraction of sp³-hybridized carbons (Fsp3) is 1.00. The van der Waals surface area contributed by atoms with Gasteiger partial charge in [-0.25, -0.2) is 0 Å². The Hall–Kier alpha value is 0.350. The minimum atomic E-state index is 0.457. The van der Waals surface area contributed by atoms with Crippen molar-refractivity contribution in [2.45, 2.75) is 34.1 Å². The zero-order chi connectivity index (χ0) is 7.49. The third-order valence-electron chi connectivity index (χ3n) is 1.25. The van der Waals surface area contributed by atoms with Gasteiger partial charge >= 0.3 is 0 Å². The van der Waals surface area contributed by atoms with E-state index in [1.54, 1.807) is 0 Å². The quantitative estimate of drug-likeness (QED) is 0.559. The molecule has 0 aliphatic carbocycles. The van der Waals surface area contributed by atoms with Gasteiger partial charge in [-0.15, -0.1) is 0 Å². The van der Waals surface area contributed by atoms with Crippen LogP contribution in [-0.2, 0) is 0 Å². The molecule has 0 aliphatic rings. The first-order valence-corrected chi connectivity index (χ1v) is 4.11. The van der Waals surface area contributed by atoms with Gasteiger partial charge in [0.15, 0.2) is 0 Å². The Balaban J connectivity index is 3.47. The van der Waals surface area contributed by atoms with E-state index < -0.39 is 0 Å². The van der Waals surface area contributed by atoms with Crippen molar-refractivity contribution in [1.29, 1.82) is 0 Å². The molecule has 0 saturated carbocycles. The summed E-state index contributed by atoms with van der Waals surface area (Å²) in [6.45, 7) is 9.00. The molecule has 0 aromatic heterocycles. The zero-order valence-electron chi connectivity index (χ0n) is 6.90. The van der Waals surface area contributed by atoms with Crippen molar-refractivity contribution in [3.05, 3.63) is 0 Å². The Morgan fingerprint density at radius 3 is 1.89 bits per heavy atom. The molecule has 9 heavy (non-hydrogen) atoms. The maximum absolute atomic E-state index is 4.94. The highest BCUT2D eigenvalue weighted by atomic mass is 32.1. The summed E-state index contributed by atoms with van der Waals surface area (Å²) in [5, 5.41) is 0. The van der Waals surface area contributed by atoms with Gasteiger partial charge in [-0.05, 0) is 17.8 Å². The van der Waals surface area contributed by atoms with Crippen LogP contribution in [0, 0.1) is 11.3 Å². The van der Waals surface area contributed by atoms with E-state index in [-0.39, 0.29) is 0 Å². The Morgan fingerprint density at radius 2 is 1.78 bits per heavy atom. The predicted octanol–water partition coefficient (Wildman–Crippen LogP) is 3.26. The van der Waals surface area contributed by atoms with Gasteiger partial charge in [0, 0.05) is 5.75 Å². The fourth-order valence-corrected chi connectivity index (χ4v) is 1.22. The second kappa shape index (κ2) is 3.50. The van der Waals surface area contributed by atoms with E-state index in [2.05, 4.69) is 27.7 Å². The third-order valence-corrected chi connectivity index (χ3v) is 1.81. The molecule has 0 saturated heterocycles. The highest BCUT2D eigenvalue weighted by Gasteiger charge is 2.13. The second-order valence-electron chi connectivity index (χ2n) is 4.04. The molecule has 1 heteroatoms. The van der Waals surface area contributed by atoms with Gasteiger partial charge in [-0.3, -0.25) is 0 Å². The molecular weight excluding hydrogens is 128 g/mol. The van der Waals surface area contributed by atoms with E-state index in [4.69, 9.17) is 12.6 Å². The lowest BCUT2D eigenvalue weighted by Gasteiger charge is -2.21. The monoisotopic (exact) mass is 145 g/mol. The van der Waals surface area contributed by atoms with Gasteiger partial charge in [0.2, 0.25) is 0 Å². The van der Waals surface area contributed by atoms with E-state index in [1.807, 2.05) is 0 Å². The van der Waals surface area contributed by atoms with Crippen molar-refractivity contribution >= 4 is 12.6 Å². The largest absolute Gasteiger partial charge is 0.0939 e. The summed E-state index contributed by atoms with van der Waals surface area (Å²) in [6.07, 6.45) is 1.25. The van der Waals surface area contributed by atoms with Crippen LogP contribution in [0.15, 0.2) is 0 Å². The van der Waals surface area contributed by atoms with Gasteiger partial charge in [-0.2, -0.15) is 0 Å². The number of hydrogen-bond acceptors (Lipinski definition) is 0. The Morgan fingerprint density at radius 1 is 1.33 bits per heavy atom. The summed E-state index contributed by atoms with van der Waals surface area (Å²) >= 11 is 4.94. The summed E-state index contributed by atoms with van der Waals surface area (Å²) in [4.78, 5) is 0. The van der Waals surface area contributed by atoms with E-state index in [9.17, 15) is 0 Å². The minimum Gasteiger partial charge on any atom is -0.0939 e. The molecule has 1 atom stereocenters. The lowest BCUT2D eigenvalue weighted by Crippen LogP contribution is -2.11. The second-order valence-corrected chi connectivity index (χ2v) is 4.37. The summed E-state index contributed by atoms with van der Waals surface area (Å²) in [5.41, 5.74) is 0.457. The minimum absolute atomic E-state index is 0.457. The van der Waals surface area contributed by atoms with Gasteiger partial charge in [-0.1, -0.05) is 40.3 Å². The van der Waals surface area contributed by atoms with Crippen LogP contribution in [0.25, 0.3) is 0 Å². The Kier molecular flexibility index (Phi) is 3.64. The standard InChI is InChI=1S/C8H17S/c1-7(6-9)5-8(2,3)4/h7H,5-6H2,1-4H3. The van der Waals surface area contributed by atoms with Crippen LogP contribution in [0.5, 0.6) is 0 Å². The Labute approximate surface area is 64.4 Å². The van der Waals surface area contributed by atoms with Crippen LogP contribution in [0.4, 0.5) is 0 Å². The van der Waals surface area contributed by atoms with Crippen molar-refractivity contribution in [2.75, 3.05) is 5.75 Å². The molecule has 0 aliphatic heterocycles. The van der Waals surface area contributed by atoms with Crippen LogP contribution in [0.3, 0.4) is 0 Å². The molecule has 55 valence electrons. The van der Waals surface area contributed by atoms with Gasteiger partial charge in [0.05, 0.1) is 0 Å². The molecule has 1 radical (unpaired) electrons. The molecule has 0 nitrogen and oxygen atoms in total. The normalized spacial score (nSPS) is 15.7. The first-order valence-electron chi connectivity index (χ1n) is 3.54. The van der Waals surface area contributed by atoms with Crippen LogP contribution in [-0.4, -0.2) is 5.75 Å². The van der Waals surface area contributed by atoms with Crippen LogP contribution >= 0.6 is 12.6 Å². The molecule has 0 amide bonds. The summed E-state index contributed by atoms with van der Waals surface area (Å²) < 4.78 is 0. The molecule has 1 unspecified atom stereocenters. The lowest BCUT2D eigenvalue weighted by molar-refractivity contribution is 0.323. The highest BCUT2D eigenvalue weighted by Crippen LogP contribution is 2.24. The first-order chi connectivity index (χ1) is 3.95. The number of hydrogen-bond donors (Lipinski definition) is 0. The smallest absolute Gasteiger partial charge is 0.00628 e. The van der Waals surface area contributed by atoms with Crippen molar-refractivity contribution in [3.63, 3.8) is 0 Å². The first kappa shape index (κ1) is 9.35. The molecule has 0 spiro atoms. The van der Waals surface area contributed by atoms with Crippen LogP contribution < -0.4 is 0 Å². The average molecular weight is 145 g/mol. The maximum atomic E-state index is 4.94. The number of rotatable bonds is 2. The van der Waals surface area contributed by atoms with Gasteiger partial charge in [0.1, 0.15) is 0 Å². The Bertz CT molecular complexity index is 71.1. The van der Waals surface area contributed by atoms with E-state index in [0.29, 0.717) is 11.3 Å². The summed E-state index contributed by atoms with van der Waals surface area (Å²) in [6, 6.07) is 0. The summed E-state index contributed by atoms with van der Waals surface area (Å²) in [5.74, 6) is 1.61. The highest BCUT2D eigenvalue weighted by molar-refractivity contribution is 7.80. The van der Waals surface area contributed by atoms with E-state index >= 15 is 0 Å². The van der Waals surface area contributed by atoms with Crippen molar-refractivity contribution in [2.24, 2.45) is 11.3 Å². The van der Waals surface area contributed by atoms with Crippen molar-refractivity contribution in [1.82, 2.24) is 0 Å². The van der Waals surface area contributed by atoms with Crippen LogP contribution in [0.1, 0.15) is 34.1 Å². The molecule has 0 aromatic carbocycles. The third kappa shape index (κ3) is 6.23. The molecule has 0 heterocycles. The summed E-state index contributed by atoms with van der Waals surface area (Å²) in [7, 11) is 0. The van der Waals surface area contributed by atoms with Gasteiger partial charge in [0.25, 0.3) is 0 Å². The molecule has 0 bridgehead atoms. The molecule has 0 rings (SSSR count). The molecular formula is C8H17S. The van der Waals surface area contributed by atoms with Crippen LogP contribution in [0.2, 0.25) is 0 Å². The average Bonchev–Trinajstić information content (AvgIpc) is 1.62. The topological polar surface area (TPSA) is 0 Å². The molecule has 0 fully saturated rings. The zero-order valence-corrected chi connectivity index (χ0v) is 7.72.